The van der Waals surface area contributed by atoms with Crippen molar-refractivity contribution >= 4 is 11.6 Å². The lowest BCUT2D eigenvalue weighted by molar-refractivity contribution is 0.169. The fraction of sp³-hybridized carbons (Fsp3) is 0.250. The summed E-state index contributed by atoms with van der Waals surface area (Å²) >= 11 is 5.82. The molecule has 1 aliphatic heterocycles. The molecule has 0 fully saturated rings. The van der Waals surface area contributed by atoms with Crippen LogP contribution < -0.4 is 14.8 Å². The lowest BCUT2D eigenvalue weighted by Crippen LogP contribution is -2.23. The predicted octanol–water partition coefficient (Wildman–Crippen LogP) is 3.56. The molecule has 0 saturated carbocycles. The van der Waals surface area contributed by atoms with Crippen LogP contribution in [0.3, 0.4) is 0 Å². The van der Waals surface area contributed by atoms with Gasteiger partial charge in [0.25, 0.3) is 0 Å². The van der Waals surface area contributed by atoms with Crippen molar-refractivity contribution in [3.63, 3.8) is 0 Å². The molecule has 0 saturated heterocycles. The SMILES string of the molecule is CNC(c1ccc(Cl)cc1F)c1cccc2c1OCCO2. The average Bonchev–Trinajstić information content (AvgIpc) is 2.50. The molecule has 2 aromatic rings. The molecule has 1 atom stereocenters. The predicted molar refractivity (Wildman–Crippen MR) is 79.7 cm³/mol. The van der Waals surface area contributed by atoms with Crippen molar-refractivity contribution in [2.24, 2.45) is 0 Å². The van der Waals surface area contributed by atoms with E-state index in [1.807, 2.05) is 18.2 Å². The Balaban J connectivity index is 2.08. The molecule has 3 nitrogen and oxygen atoms in total. The van der Waals surface area contributed by atoms with E-state index in [0.717, 1.165) is 5.56 Å². The number of hydrogen-bond donors (Lipinski definition) is 1. The number of halogens is 2. The third-order valence-corrected chi connectivity index (χ3v) is 3.70. The Morgan fingerprint density at radius 2 is 1.95 bits per heavy atom. The number of benzene rings is 2. The molecule has 110 valence electrons. The van der Waals surface area contributed by atoms with E-state index >= 15 is 0 Å². The Bertz CT molecular complexity index is 663. The van der Waals surface area contributed by atoms with Crippen LogP contribution in [0.15, 0.2) is 36.4 Å². The molecule has 2 aromatic carbocycles. The second kappa shape index (κ2) is 5.92. The molecule has 0 amide bonds. The molecule has 0 radical (unpaired) electrons. The van der Waals surface area contributed by atoms with Gasteiger partial charge in [0.05, 0.1) is 6.04 Å². The van der Waals surface area contributed by atoms with E-state index < -0.39 is 0 Å². The monoisotopic (exact) mass is 307 g/mol. The summed E-state index contributed by atoms with van der Waals surface area (Å²) in [5.74, 6) is 1.00. The van der Waals surface area contributed by atoms with Crippen molar-refractivity contribution in [1.29, 1.82) is 0 Å². The van der Waals surface area contributed by atoms with Gasteiger partial charge in [-0.1, -0.05) is 29.8 Å². The van der Waals surface area contributed by atoms with Gasteiger partial charge >= 0.3 is 0 Å². The number of ether oxygens (including phenoxy) is 2. The molecule has 1 heterocycles. The van der Waals surface area contributed by atoms with Crippen molar-refractivity contribution in [2.45, 2.75) is 6.04 Å². The normalized spacial score (nSPS) is 14.8. The van der Waals surface area contributed by atoms with Gasteiger partial charge in [0, 0.05) is 16.1 Å². The number of fused-ring (bicyclic) bond motifs is 1. The maximum absolute atomic E-state index is 14.2. The maximum Gasteiger partial charge on any atom is 0.166 e. The fourth-order valence-corrected chi connectivity index (χ4v) is 2.70. The largest absolute Gasteiger partial charge is 0.486 e. The van der Waals surface area contributed by atoms with Crippen LogP contribution in [0.5, 0.6) is 11.5 Å². The Morgan fingerprint density at radius 3 is 2.71 bits per heavy atom. The first-order valence-electron chi connectivity index (χ1n) is 6.71. The van der Waals surface area contributed by atoms with Gasteiger partial charge in [-0.25, -0.2) is 4.39 Å². The van der Waals surface area contributed by atoms with Crippen molar-refractivity contribution in [3.05, 3.63) is 58.4 Å². The van der Waals surface area contributed by atoms with Crippen LogP contribution in [0.1, 0.15) is 17.2 Å². The Labute approximate surface area is 127 Å². The van der Waals surface area contributed by atoms with Crippen LogP contribution in [0.4, 0.5) is 4.39 Å². The lowest BCUT2D eigenvalue weighted by atomic mass is 9.97. The molecule has 5 heteroatoms. The van der Waals surface area contributed by atoms with Crippen LogP contribution in [0.25, 0.3) is 0 Å². The number of hydrogen-bond acceptors (Lipinski definition) is 3. The minimum atomic E-state index is -0.351. The zero-order valence-corrected chi connectivity index (χ0v) is 12.3. The van der Waals surface area contributed by atoms with Gasteiger partial charge in [0.1, 0.15) is 19.0 Å². The molecule has 21 heavy (non-hydrogen) atoms. The maximum atomic E-state index is 14.2. The minimum Gasteiger partial charge on any atom is -0.486 e. The lowest BCUT2D eigenvalue weighted by Gasteiger charge is -2.25. The summed E-state index contributed by atoms with van der Waals surface area (Å²) in [5, 5.41) is 3.50. The summed E-state index contributed by atoms with van der Waals surface area (Å²) in [5.41, 5.74) is 1.36. The summed E-state index contributed by atoms with van der Waals surface area (Å²) in [7, 11) is 1.78. The van der Waals surface area contributed by atoms with E-state index in [2.05, 4.69) is 5.32 Å². The van der Waals surface area contributed by atoms with Crippen LogP contribution in [0, 0.1) is 5.82 Å². The van der Waals surface area contributed by atoms with E-state index in [1.165, 1.54) is 6.07 Å². The standard InChI is InChI=1S/C16H15ClFNO2/c1-19-15(11-6-5-10(17)9-13(11)18)12-3-2-4-14-16(12)21-8-7-20-14/h2-6,9,15,19H,7-8H2,1H3. The van der Waals surface area contributed by atoms with Gasteiger partial charge in [0.2, 0.25) is 0 Å². The van der Waals surface area contributed by atoms with Gasteiger partial charge < -0.3 is 14.8 Å². The summed E-state index contributed by atoms with van der Waals surface area (Å²) in [6.07, 6.45) is 0. The summed E-state index contributed by atoms with van der Waals surface area (Å²) in [4.78, 5) is 0. The van der Waals surface area contributed by atoms with Crippen molar-refractivity contribution in [3.8, 4) is 11.5 Å². The van der Waals surface area contributed by atoms with Crippen molar-refractivity contribution in [2.75, 3.05) is 20.3 Å². The third kappa shape index (κ3) is 2.69. The molecule has 0 spiro atoms. The number of rotatable bonds is 3. The van der Waals surface area contributed by atoms with Gasteiger partial charge in [-0.3, -0.25) is 0 Å². The fourth-order valence-electron chi connectivity index (χ4n) is 2.54. The van der Waals surface area contributed by atoms with E-state index in [0.29, 0.717) is 35.3 Å². The minimum absolute atomic E-state index is 0.334. The molecule has 0 aliphatic carbocycles. The molecule has 1 unspecified atom stereocenters. The van der Waals surface area contributed by atoms with Crippen LogP contribution in [-0.2, 0) is 0 Å². The van der Waals surface area contributed by atoms with Crippen LogP contribution >= 0.6 is 11.6 Å². The first-order chi connectivity index (χ1) is 10.2. The smallest absolute Gasteiger partial charge is 0.166 e. The zero-order chi connectivity index (χ0) is 14.8. The summed E-state index contributed by atoms with van der Waals surface area (Å²) < 4.78 is 25.5. The highest BCUT2D eigenvalue weighted by Crippen LogP contribution is 2.39. The molecular weight excluding hydrogens is 293 g/mol. The van der Waals surface area contributed by atoms with Crippen LogP contribution in [-0.4, -0.2) is 20.3 Å². The number of para-hydroxylation sites is 1. The highest BCUT2D eigenvalue weighted by Gasteiger charge is 2.24. The molecule has 1 aliphatic rings. The number of nitrogens with one attached hydrogen (secondary N) is 1. The first-order valence-corrected chi connectivity index (χ1v) is 7.09. The third-order valence-electron chi connectivity index (χ3n) is 3.47. The molecule has 0 aromatic heterocycles. The van der Waals surface area contributed by atoms with E-state index in [-0.39, 0.29) is 11.9 Å². The van der Waals surface area contributed by atoms with Gasteiger partial charge in [-0.05, 0) is 25.2 Å². The molecule has 0 bridgehead atoms. The molecule has 1 N–H and O–H groups in total. The highest BCUT2D eigenvalue weighted by molar-refractivity contribution is 6.30. The first kappa shape index (κ1) is 14.2. The Morgan fingerprint density at radius 1 is 1.14 bits per heavy atom. The topological polar surface area (TPSA) is 30.5 Å². The van der Waals surface area contributed by atoms with Gasteiger partial charge in [-0.2, -0.15) is 0 Å². The van der Waals surface area contributed by atoms with Gasteiger partial charge in [0.15, 0.2) is 11.5 Å². The van der Waals surface area contributed by atoms with Crippen molar-refractivity contribution in [1.82, 2.24) is 5.32 Å². The van der Waals surface area contributed by atoms with E-state index in [9.17, 15) is 4.39 Å². The highest BCUT2D eigenvalue weighted by atomic mass is 35.5. The summed E-state index contributed by atoms with van der Waals surface area (Å²) in [6.45, 7) is 1.01. The average molecular weight is 308 g/mol. The second-order valence-corrected chi connectivity index (χ2v) is 5.20. The zero-order valence-electron chi connectivity index (χ0n) is 11.5. The molecule has 3 rings (SSSR count). The second-order valence-electron chi connectivity index (χ2n) is 4.76. The Kier molecular flexibility index (Phi) is 3.99. The van der Waals surface area contributed by atoms with Gasteiger partial charge in [-0.15, -0.1) is 0 Å². The van der Waals surface area contributed by atoms with Crippen molar-refractivity contribution < 1.29 is 13.9 Å². The van der Waals surface area contributed by atoms with Crippen LogP contribution in [0.2, 0.25) is 5.02 Å². The Hall–Kier alpha value is -1.78. The summed E-state index contributed by atoms with van der Waals surface area (Å²) in [6, 6.07) is 9.97. The molecular formula is C16H15ClFNO2. The van der Waals surface area contributed by atoms with E-state index in [4.69, 9.17) is 21.1 Å². The van der Waals surface area contributed by atoms with E-state index in [1.54, 1.807) is 19.2 Å². The quantitative estimate of drug-likeness (QED) is 0.940.